The van der Waals surface area contributed by atoms with Crippen LogP contribution in [-0.2, 0) is 0 Å². The molecule has 14 heavy (non-hydrogen) atoms. The van der Waals surface area contributed by atoms with Crippen LogP contribution in [0.25, 0.3) is 0 Å². The Bertz CT molecular complexity index is 304. The Morgan fingerprint density at radius 2 is 2.07 bits per heavy atom. The summed E-state index contributed by atoms with van der Waals surface area (Å²) < 4.78 is 0.847. The first-order valence-electron chi connectivity index (χ1n) is 4.76. The summed E-state index contributed by atoms with van der Waals surface area (Å²) in [7, 11) is 0. The lowest BCUT2D eigenvalue weighted by Gasteiger charge is -2.22. The van der Waals surface area contributed by atoms with Crippen LogP contribution in [0.2, 0.25) is 0 Å². The summed E-state index contributed by atoms with van der Waals surface area (Å²) in [4.78, 5) is 4.35. The fraction of sp³-hybridized carbons (Fsp3) is 0.545. The molecule has 2 nitrogen and oxygen atoms in total. The number of hydrogen-bond acceptors (Lipinski definition) is 2. The smallest absolute Gasteiger partial charge is 0.106 e. The summed E-state index contributed by atoms with van der Waals surface area (Å²) in [6.45, 7) is 6.56. The number of halogens is 1. The van der Waals surface area contributed by atoms with Gasteiger partial charge in [0, 0.05) is 6.04 Å². The first-order chi connectivity index (χ1) is 6.38. The molecule has 1 atom stereocenters. The monoisotopic (exact) mass is 256 g/mol. The van der Waals surface area contributed by atoms with E-state index in [0.717, 1.165) is 16.7 Å². The molecule has 78 valence electrons. The van der Waals surface area contributed by atoms with Crippen molar-refractivity contribution in [2.75, 3.05) is 0 Å². The third-order valence-corrected chi connectivity index (χ3v) is 2.39. The maximum absolute atomic E-state index is 6.07. The van der Waals surface area contributed by atoms with Crippen molar-refractivity contribution in [2.45, 2.75) is 33.2 Å². The second-order valence-corrected chi connectivity index (χ2v) is 5.57. The number of rotatable bonds is 2. The average Bonchev–Trinajstić information content (AvgIpc) is 2.01. The molecule has 0 unspecified atom stereocenters. The van der Waals surface area contributed by atoms with E-state index in [0.29, 0.717) is 0 Å². The lowest BCUT2D eigenvalue weighted by atomic mass is 9.87. The van der Waals surface area contributed by atoms with Gasteiger partial charge >= 0.3 is 0 Å². The van der Waals surface area contributed by atoms with E-state index >= 15 is 0 Å². The van der Waals surface area contributed by atoms with Gasteiger partial charge < -0.3 is 5.73 Å². The van der Waals surface area contributed by atoms with Gasteiger partial charge in [-0.25, -0.2) is 4.98 Å². The maximum atomic E-state index is 6.07. The zero-order chi connectivity index (χ0) is 10.8. The Balaban J connectivity index is 2.74. The third kappa shape index (κ3) is 3.76. The van der Waals surface area contributed by atoms with E-state index in [1.54, 1.807) is 0 Å². The Morgan fingerprint density at radius 3 is 2.57 bits per heavy atom. The molecule has 1 aromatic heterocycles. The first-order valence-corrected chi connectivity index (χ1v) is 5.56. The van der Waals surface area contributed by atoms with E-state index in [1.165, 1.54) is 0 Å². The molecule has 2 N–H and O–H groups in total. The Kier molecular flexibility index (Phi) is 3.67. The second-order valence-electron chi connectivity index (χ2n) is 4.76. The fourth-order valence-electron chi connectivity index (χ4n) is 1.39. The van der Waals surface area contributed by atoms with Gasteiger partial charge in [0.1, 0.15) is 4.60 Å². The van der Waals surface area contributed by atoms with E-state index in [2.05, 4.69) is 41.7 Å². The molecule has 0 spiro atoms. The molecule has 0 bridgehead atoms. The number of nitrogens with two attached hydrogens (primary N) is 1. The fourth-order valence-corrected chi connectivity index (χ4v) is 1.75. The molecule has 0 fully saturated rings. The lowest BCUT2D eigenvalue weighted by molar-refractivity contribution is 0.340. The second kappa shape index (κ2) is 4.41. The summed E-state index contributed by atoms with van der Waals surface area (Å²) in [5, 5.41) is 0. The molecule has 3 heteroatoms. The van der Waals surface area contributed by atoms with Crippen molar-refractivity contribution < 1.29 is 0 Å². The van der Waals surface area contributed by atoms with Crippen LogP contribution >= 0.6 is 15.9 Å². The SMILES string of the molecule is CC(C)(C)C[C@H](N)c1cccc(Br)n1. The van der Waals surface area contributed by atoms with Gasteiger partial charge in [0.15, 0.2) is 0 Å². The van der Waals surface area contributed by atoms with Gasteiger partial charge in [-0.15, -0.1) is 0 Å². The van der Waals surface area contributed by atoms with Crippen molar-refractivity contribution in [3.8, 4) is 0 Å². The molecule has 0 aliphatic heterocycles. The van der Waals surface area contributed by atoms with Gasteiger partial charge in [-0.05, 0) is 39.9 Å². The summed E-state index contributed by atoms with van der Waals surface area (Å²) in [6, 6.07) is 5.87. The van der Waals surface area contributed by atoms with Crippen LogP contribution in [0.15, 0.2) is 22.8 Å². The van der Waals surface area contributed by atoms with Crippen LogP contribution < -0.4 is 5.73 Å². The van der Waals surface area contributed by atoms with Gasteiger partial charge in [-0.3, -0.25) is 0 Å². The zero-order valence-electron chi connectivity index (χ0n) is 8.92. The normalized spacial score (nSPS) is 14.1. The molecule has 0 saturated carbocycles. The van der Waals surface area contributed by atoms with E-state index in [4.69, 9.17) is 5.73 Å². The van der Waals surface area contributed by atoms with Gasteiger partial charge in [-0.1, -0.05) is 26.8 Å². The Morgan fingerprint density at radius 1 is 1.43 bits per heavy atom. The number of hydrogen-bond donors (Lipinski definition) is 1. The molecule has 0 radical (unpaired) electrons. The summed E-state index contributed by atoms with van der Waals surface area (Å²) in [6.07, 6.45) is 0.941. The van der Waals surface area contributed by atoms with E-state index < -0.39 is 0 Å². The number of nitrogens with zero attached hydrogens (tertiary/aromatic N) is 1. The first kappa shape index (κ1) is 11.7. The van der Waals surface area contributed by atoms with Crippen molar-refractivity contribution >= 4 is 15.9 Å². The van der Waals surface area contributed by atoms with Gasteiger partial charge in [0.25, 0.3) is 0 Å². The van der Waals surface area contributed by atoms with Crippen molar-refractivity contribution in [3.63, 3.8) is 0 Å². The minimum atomic E-state index is 0.0208. The predicted octanol–water partition coefficient (Wildman–Crippen LogP) is 3.28. The van der Waals surface area contributed by atoms with E-state index in [-0.39, 0.29) is 11.5 Å². The zero-order valence-corrected chi connectivity index (χ0v) is 10.5. The minimum absolute atomic E-state index is 0.0208. The summed E-state index contributed by atoms with van der Waals surface area (Å²) >= 11 is 3.34. The van der Waals surface area contributed by atoms with E-state index in [1.807, 2.05) is 18.2 Å². The van der Waals surface area contributed by atoms with Crippen molar-refractivity contribution in [1.82, 2.24) is 4.98 Å². The Labute approximate surface area is 94.0 Å². The van der Waals surface area contributed by atoms with Crippen LogP contribution in [0.4, 0.5) is 0 Å². The molecule has 1 rings (SSSR count). The average molecular weight is 257 g/mol. The highest BCUT2D eigenvalue weighted by Gasteiger charge is 2.17. The minimum Gasteiger partial charge on any atom is -0.323 e. The van der Waals surface area contributed by atoms with Gasteiger partial charge in [-0.2, -0.15) is 0 Å². The topological polar surface area (TPSA) is 38.9 Å². The third-order valence-electron chi connectivity index (χ3n) is 1.95. The van der Waals surface area contributed by atoms with Gasteiger partial charge in [0.05, 0.1) is 5.69 Å². The number of aromatic nitrogens is 1. The Hall–Kier alpha value is -0.410. The number of pyridine rings is 1. The van der Waals surface area contributed by atoms with Crippen LogP contribution in [0.3, 0.4) is 0 Å². The molecular weight excluding hydrogens is 240 g/mol. The highest BCUT2D eigenvalue weighted by atomic mass is 79.9. The summed E-state index contributed by atoms with van der Waals surface area (Å²) in [5.41, 5.74) is 7.26. The van der Waals surface area contributed by atoms with Crippen molar-refractivity contribution in [1.29, 1.82) is 0 Å². The molecule has 0 aliphatic carbocycles. The molecule has 0 aliphatic rings. The molecule has 1 aromatic rings. The molecule has 1 heterocycles. The molecule has 0 aromatic carbocycles. The summed E-state index contributed by atoms with van der Waals surface area (Å²) in [5.74, 6) is 0. The van der Waals surface area contributed by atoms with Crippen LogP contribution in [0.5, 0.6) is 0 Å². The highest BCUT2D eigenvalue weighted by molar-refractivity contribution is 9.10. The quantitative estimate of drug-likeness (QED) is 0.826. The van der Waals surface area contributed by atoms with Crippen LogP contribution in [0.1, 0.15) is 38.9 Å². The largest absolute Gasteiger partial charge is 0.323 e. The highest BCUT2D eigenvalue weighted by Crippen LogP contribution is 2.27. The molecule has 0 saturated heterocycles. The molecular formula is C11H17BrN2. The van der Waals surface area contributed by atoms with Crippen LogP contribution in [0, 0.1) is 5.41 Å². The maximum Gasteiger partial charge on any atom is 0.106 e. The van der Waals surface area contributed by atoms with Gasteiger partial charge in [0.2, 0.25) is 0 Å². The van der Waals surface area contributed by atoms with Crippen LogP contribution in [-0.4, -0.2) is 4.98 Å². The van der Waals surface area contributed by atoms with Crippen molar-refractivity contribution in [3.05, 3.63) is 28.5 Å². The standard InChI is InChI=1S/C11H17BrN2/c1-11(2,3)7-8(13)9-5-4-6-10(12)14-9/h4-6,8H,7,13H2,1-3H3/t8-/m0/s1. The van der Waals surface area contributed by atoms with E-state index in [9.17, 15) is 0 Å². The lowest BCUT2D eigenvalue weighted by Crippen LogP contribution is -2.19. The molecule has 0 amide bonds. The predicted molar refractivity (Wildman–Crippen MR) is 62.9 cm³/mol. The van der Waals surface area contributed by atoms with Crippen molar-refractivity contribution in [2.24, 2.45) is 11.1 Å².